The standard InChI is InChI=1S/C7H12N2O4/c10-3-1-8-5-6(12)9(2-4-11)7(8)13/h10-11H,1-5H2. The first-order chi connectivity index (χ1) is 6.20. The van der Waals surface area contributed by atoms with Gasteiger partial charge in [-0.25, -0.2) is 4.79 Å². The molecule has 1 fully saturated rings. The first kappa shape index (κ1) is 9.94. The Morgan fingerprint density at radius 2 is 1.77 bits per heavy atom. The van der Waals surface area contributed by atoms with E-state index >= 15 is 0 Å². The van der Waals surface area contributed by atoms with E-state index in [0.717, 1.165) is 4.90 Å². The summed E-state index contributed by atoms with van der Waals surface area (Å²) in [6, 6.07) is -0.437. The molecule has 1 heterocycles. The van der Waals surface area contributed by atoms with Crippen molar-refractivity contribution in [3.8, 4) is 0 Å². The normalized spacial score (nSPS) is 17.4. The number of aliphatic hydroxyl groups excluding tert-OH is 2. The zero-order valence-electron chi connectivity index (χ0n) is 7.14. The number of aliphatic hydroxyl groups is 2. The maximum atomic E-state index is 11.3. The highest BCUT2D eigenvalue weighted by atomic mass is 16.3. The van der Waals surface area contributed by atoms with Gasteiger partial charge in [-0.2, -0.15) is 0 Å². The fraction of sp³-hybridized carbons (Fsp3) is 0.714. The number of urea groups is 1. The van der Waals surface area contributed by atoms with Gasteiger partial charge in [-0.15, -0.1) is 0 Å². The number of nitrogens with zero attached hydrogens (tertiary/aromatic N) is 2. The van der Waals surface area contributed by atoms with Crippen LogP contribution in [0.5, 0.6) is 0 Å². The minimum Gasteiger partial charge on any atom is -0.395 e. The Hall–Kier alpha value is -1.14. The third-order valence-electron chi connectivity index (χ3n) is 1.82. The molecular weight excluding hydrogens is 176 g/mol. The zero-order valence-corrected chi connectivity index (χ0v) is 7.14. The van der Waals surface area contributed by atoms with Crippen LogP contribution in [0.1, 0.15) is 0 Å². The molecule has 1 rings (SSSR count). The van der Waals surface area contributed by atoms with Gasteiger partial charge in [0, 0.05) is 6.54 Å². The molecule has 3 amide bonds. The lowest BCUT2D eigenvalue weighted by Gasteiger charge is -2.14. The van der Waals surface area contributed by atoms with E-state index in [0.29, 0.717) is 0 Å². The van der Waals surface area contributed by atoms with Gasteiger partial charge in [0.2, 0.25) is 5.91 Å². The van der Waals surface area contributed by atoms with Gasteiger partial charge in [0.1, 0.15) is 6.54 Å². The topological polar surface area (TPSA) is 81.1 Å². The smallest absolute Gasteiger partial charge is 0.327 e. The fourth-order valence-corrected chi connectivity index (χ4v) is 1.21. The van der Waals surface area contributed by atoms with Gasteiger partial charge in [0.05, 0.1) is 19.8 Å². The number of carbonyl (C=O) groups excluding carboxylic acids is 2. The number of β-amino-alcohol motifs (C(OH)–C–C–N with tert-alkyl or cyclic N) is 2. The monoisotopic (exact) mass is 188 g/mol. The molecule has 6 nitrogen and oxygen atoms in total. The second-order valence-corrected chi connectivity index (χ2v) is 2.70. The molecule has 0 saturated carbocycles. The van der Waals surface area contributed by atoms with Crippen LogP contribution in [-0.4, -0.2) is 64.8 Å². The van der Waals surface area contributed by atoms with Gasteiger partial charge in [-0.3, -0.25) is 9.69 Å². The molecule has 6 heteroatoms. The summed E-state index contributed by atoms with van der Waals surface area (Å²) in [6.07, 6.45) is 0. The largest absolute Gasteiger partial charge is 0.395 e. The van der Waals surface area contributed by atoms with Crippen LogP contribution in [0.4, 0.5) is 4.79 Å². The average Bonchev–Trinajstić information content (AvgIpc) is 2.34. The van der Waals surface area contributed by atoms with Crippen molar-refractivity contribution >= 4 is 11.9 Å². The molecule has 0 aromatic heterocycles. The molecule has 0 aromatic rings. The van der Waals surface area contributed by atoms with Crippen molar-refractivity contribution < 1.29 is 19.8 Å². The quantitative estimate of drug-likeness (QED) is 0.512. The Kier molecular flexibility index (Phi) is 3.21. The van der Waals surface area contributed by atoms with E-state index < -0.39 is 6.03 Å². The van der Waals surface area contributed by atoms with E-state index in [1.807, 2.05) is 0 Å². The van der Waals surface area contributed by atoms with Crippen LogP contribution in [0, 0.1) is 0 Å². The summed E-state index contributed by atoms with van der Waals surface area (Å²) >= 11 is 0. The Morgan fingerprint density at radius 1 is 1.15 bits per heavy atom. The summed E-state index contributed by atoms with van der Waals surface area (Å²) < 4.78 is 0. The van der Waals surface area contributed by atoms with Gasteiger partial charge in [-0.1, -0.05) is 0 Å². The van der Waals surface area contributed by atoms with Crippen LogP contribution in [0.2, 0.25) is 0 Å². The average molecular weight is 188 g/mol. The first-order valence-electron chi connectivity index (χ1n) is 4.01. The summed E-state index contributed by atoms with van der Waals surface area (Å²) in [5.74, 6) is -0.326. The van der Waals surface area contributed by atoms with E-state index in [2.05, 4.69) is 0 Å². The lowest BCUT2D eigenvalue weighted by molar-refractivity contribution is -0.125. The van der Waals surface area contributed by atoms with Crippen LogP contribution in [0.15, 0.2) is 0 Å². The summed E-state index contributed by atoms with van der Waals surface area (Å²) in [6.45, 7) is -0.206. The number of amides is 3. The maximum absolute atomic E-state index is 11.3. The summed E-state index contributed by atoms with van der Waals surface area (Å²) in [7, 11) is 0. The molecular formula is C7H12N2O4. The minimum atomic E-state index is -0.437. The molecule has 1 aliphatic heterocycles. The molecule has 0 bridgehead atoms. The van der Waals surface area contributed by atoms with Gasteiger partial charge < -0.3 is 15.1 Å². The van der Waals surface area contributed by atoms with E-state index in [1.54, 1.807) is 0 Å². The van der Waals surface area contributed by atoms with Crippen molar-refractivity contribution in [3.63, 3.8) is 0 Å². The Bertz CT molecular complexity index is 219. The third kappa shape index (κ3) is 1.96. The van der Waals surface area contributed by atoms with Crippen molar-refractivity contribution in [1.29, 1.82) is 0 Å². The molecule has 0 unspecified atom stereocenters. The summed E-state index contributed by atoms with van der Waals surface area (Å²) in [5.41, 5.74) is 0. The van der Waals surface area contributed by atoms with Crippen LogP contribution in [0.25, 0.3) is 0 Å². The Labute approximate surface area is 75.4 Å². The van der Waals surface area contributed by atoms with E-state index in [9.17, 15) is 9.59 Å². The second-order valence-electron chi connectivity index (χ2n) is 2.70. The number of carbonyl (C=O) groups is 2. The predicted octanol–water partition coefficient (Wildman–Crippen LogP) is -1.76. The summed E-state index contributed by atoms with van der Waals surface area (Å²) in [4.78, 5) is 24.7. The number of rotatable bonds is 4. The molecule has 0 aromatic carbocycles. The highest BCUT2D eigenvalue weighted by Gasteiger charge is 2.34. The van der Waals surface area contributed by atoms with Crippen molar-refractivity contribution in [2.24, 2.45) is 0 Å². The molecule has 0 atom stereocenters. The van der Waals surface area contributed by atoms with Crippen LogP contribution in [-0.2, 0) is 4.79 Å². The van der Waals surface area contributed by atoms with Crippen LogP contribution < -0.4 is 0 Å². The van der Waals surface area contributed by atoms with Crippen LogP contribution in [0.3, 0.4) is 0 Å². The second kappa shape index (κ2) is 4.20. The Morgan fingerprint density at radius 3 is 2.31 bits per heavy atom. The van der Waals surface area contributed by atoms with Crippen molar-refractivity contribution in [2.75, 3.05) is 32.8 Å². The molecule has 2 N–H and O–H groups in total. The van der Waals surface area contributed by atoms with Crippen molar-refractivity contribution in [2.45, 2.75) is 0 Å². The molecule has 0 radical (unpaired) electrons. The van der Waals surface area contributed by atoms with E-state index in [1.165, 1.54) is 4.90 Å². The third-order valence-corrected chi connectivity index (χ3v) is 1.82. The number of hydrogen-bond acceptors (Lipinski definition) is 4. The summed E-state index contributed by atoms with van der Waals surface area (Å²) in [5, 5.41) is 17.1. The van der Waals surface area contributed by atoms with Crippen molar-refractivity contribution in [1.82, 2.24) is 9.80 Å². The number of hydrogen-bond donors (Lipinski definition) is 2. The van der Waals surface area contributed by atoms with Gasteiger partial charge in [0.25, 0.3) is 0 Å². The minimum absolute atomic E-state index is 0.000602. The molecule has 1 saturated heterocycles. The van der Waals surface area contributed by atoms with Gasteiger partial charge >= 0.3 is 6.03 Å². The van der Waals surface area contributed by atoms with E-state index in [4.69, 9.17) is 10.2 Å². The van der Waals surface area contributed by atoms with Crippen LogP contribution >= 0.6 is 0 Å². The lowest BCUT2D eigenvalue weighted by Crippen LogP contribution is -2.36. The number of imide groups is 1. The van der Waals surface area contributed by atoms with Gasteiger partial charge in [0.15, 0.2) is 0 Å². The Balaban J connectivity index is 2.58. The first-order valence-corrected chi connectivity index (χ1v) is 4.01. The van der Waals surface area contributed by atoms with E-state index in [-0.39, 0.29) is 38.8 Å². The molecule has 1 aliphatic rings. The molecule has 0 spiro atoms. The zero-order chi connectivity index (χ0) is 9.84. The molecule has 74 valence electrons. The predicted molar refractivity (Wildman–Crippen MR) is 42.9 cm³/mol. The lowest BCUT2D eigenvalue weighted by atomic mass is 10.5. The molecule has 0 aliphatic carbocycles. The maximum Gasteiger partial charge on any atom is 0.327 e. The van der Waals surface area contributed by atoms with Crippen molar-refractivity contribution in [3.05, 3.63) is 0 Å². The highest BCUT2D eigenvalue weighted by molar-refractivity contribution is 6.01. The molecule has 13 heavy (non-hydrogen) atoms. The fourth-order valence-electron chi connectivity index (χ4n) is 1.21. The van der Waals surface area contributed by atoms with Gasteiger partial charge in [-0.05, 0) is 0 Å². The SMILES string of the molecule is O=C1CN(CCO)C(=O)N1CCO. The highest BCUT2D eigenvalue weighted by Crippen LogP contribution is 2.08.